The maximum Gasteiger partial charge on any atom is 0.253 e. The predicted molar refractivity (Wildman–Crippen MR) is 115 cm³/mol. The zero-order chi connectivity index (χ0) is 22.3. The Bertz CT molecular complexity index is 861. The van der Waals surface area contributed by atoms with Gasteiger partial charge in [-0.15, -0.1) is 0 Å². The molecular weight excluding hydrogens is 388 g/mol. The number of likely N-dealkylation sites (N-methyl/N-ethyl adjacent to an activating group) is 1. The van der Waals surface area contributed by atoms with Gasteiger partial charge in [0, 0.05) is 45.4 Å². The van der Waals surface area contributed by atoms with Gasteiger partial charge in [-0.1, -0.05) is 18.2 Å². The van der Waals surface area contributed by atoms with E-state index in [-0.39, 0.29) is 18.0 Å². The number of nitrogens with one attached hydrogen (secondary N) is 2. The van der Waals surface area contributed by atoms with Gasteiger partial charge in [0.05, 0.1) is 6.04 Å². The number of hydrogen-bond acceptors (Lipinski definition) is 3. The van der Waals surface area contributed by atoms with Gasteiger partial charge in [0.15, 0.2) is 5.96 Å². The van der Waals surface area contributed by atoms with E-state index in [1.54, 1.807) is 52.3 Å². The summed E-state index contributed by atoms with van der Waals surface area (Å²) in [6.07, 6.45) is 0. The maximum absolute atomic E-state index is 14.2. The van der Waals surface area contributed by atoms with Gasteiger partial charge in [-0.3, -0.25) is 9.79 Å². The van der Waals surface area contributed by atoms with E-state index in [1.165, 1.54) is 23.1 Å². The second-order valence-electron chi connectivity index (χ2n) is 7.32. The number of guanidine groups is 1. The van der Waals surface area contributed by atoms with Crippen molar-refractivity contribution < 1.29 is 13.6 Å². The minimum absolute atomic E-state index is 0.0200. The Kier molecular flexibility index (Phi) is 8.29. The summed E-state index contributed by atoms with van der Waals surface area (Å²) in [6, 6.07) is 10.6. The maximum atomic E-state index is 14.2. The molecule has 2 aromatic rings. The molecule has 2 N–H and O–H groups in total. The van der Waals surface area contributed by atoms with Crippen LogP contribution in [0.4, 0.5) is 8.78 Å². The minimum atomic E-state index is -0.578. The molecule has 0 aliphatic rings. The number of hydrogen-bond donors (Lipinski definition) is 2. The number of rotatable bonds is 7. The predicted octanol–water partition coefficient (Wildman–Crippen LogP) is 2.63. The van der Waals surface area contributed by atoms with Crippen LogP contribution >= 0.6 is 0 Å². The number of nitrogens with zero attached hydrogens (tertiary/aromatic N) is 3. The Labute approximate surface area is 176 Å². The topological polar surface area (TPSA) is 60.0 Å². The fraction of sp³-hybridized carbons (Fsp3) is 0.364. The third kappa shape index (κ3) is 6.00. The number of carbonyl (C=O) groups is 1. The van der Waals surface area contributed by atoms with Gasteiger partial charge in [-0.05, 0) is 43.9 Å². The highest BCUT2D eigenvalue weighted by Gasteiger charge is 2.22. The van der Waals surface area contributed by atoms with Gasteiger partial charge >= 0.3 is 0 Å². The van der Waals surface area contributed by atoms with Crippen molar-refractivity contribution >= 4 is 11.9 Å². The van der Waals surface area contributed by atoms with Gasteiger partial charge < -0.3 is 20.4 Å². The van der Waals surface area contributed by atoms with Crippen molar-refractivity contribution in [2.45, 2.75) is 12.6 Å². The van der Waals surface area contributed by atoms with Crippen LogP contribution < -0.4 is 10.6 Å². The first-order valence-electron chi connectivity index (χ1n) is 9.60. The molecule has 1 amide bonds. The molecule has 0 bridgehead atoms. The molecule has 2 rings (SSSR count). The van der Waals surface area contributed by atoms with E-state index in [0.29, 0.717) is 18.1 Å². The molecule has 6 nitrogen and oxygen atoms in total. The van der Waals surface area contributed by atoms with E-state index in [2.05, 4.69) is 15.6 Å². The molecule has 1 atom stereocenters. The van der Waals surface area contributed by atoms with Crippen LogP contribution in [0.1, 0.15) is 27.5 Å². The fourth-order valence-electron chi connectivity index (χ4n) is 3.00. The number of halogens is 2. The van der Waals surface area contributed by atoms with E-state index in [4.69, 9.17) is 0 Å². The lowest BCUT2D eigenvalue weighted by atomic mass is 10.0. The summed E-state index contributed by atoms with van der Waals surface area (Å²) in [5.74, 6) is -0.703. The van der Waals surface area contributed by atoms with Gasteiger partial charge in [0.2, 0.25) is 0 Å². The summed E-state index contributed by atoms with van der Waals surface area (Å²) in [4.78, 5) is 19.4. The van der Waals surface area contributed by atoms with Gasteiger partial charge in [-0.2, -0.15) is 0 Å². The molecule has 0 saturated carbocycles. The summed E-state index contributed by atoms with van der Waals surface area (Å²) in [6.45, 7) is 0.748. The molecule has 8 heteroatoms. The van der Waals surface area contributed by atoms with Crippen LogP contribution in [0.25, 0.3) is 0 Å². The second kappa shape index (κ2) is 10.7. The van der Waals surface area contributed by atoms with E-state index in [0.717, 1.165) is 5.56 Å². The van der Waals surface area contributed by atoms with E-state index >= 15 is 0 Å². The third-order valence-electron chi connectivity index (χ3n) is 4.71. The van der Waals surface area contributed by atoms with Crippen molar-refractivity contribution in [2.75, 3.05) is 41.8 Å². The molecule has 0 heterocycles. The van der Waals surface area contributed by atoms with Gasteiger partial charge in [-0.25, -0.2) is 8.78 Å². The van der Waals surface area contributed by atoms with E-state index < -0.39 is 17.7 Å². The lowest BCUT2D eigenvalue weighted by molar-refractivity contribution is 0.0827. The molecule has 0 saturated heterocycles. The van der Waals surface area contributed by atoms with Crippen molar-refractivity contribution in [3.8, 4) is 0 Å². The van der Waals surface area contributed by atoms with Crippen molar-refractivity contribution in [1.29, 1.82) is 0 Å². The quantitative estimate of drug-likeness (QED) is 0.537. The zero-order valence-electron chi connectivity index (χ0n) is 18.0. The van der Waals surface area contributed by atoms with Crippen LogP contribution in [0.3, 0.4) is 0 Å². The van der Waals surface area contributed by atoms with Crippen LogP contribution in [-0.4, -0.2) is 63.4 Å². The van der Waals surface area contributed by atoms with Crippen LogP contribution in [-0.2, 0) is 6.54 Å². The first-order valence-corrected chi connectivity index (χ1v) is 9.60. The van der Waals surface area contributed by atoms with Crippen LogP contribution in [0.15, 0.2) is 47.5 Å². The third-order valence-corrected chi connectivity index (χ3v) is 4.71. The highest BCUT2D eigenvalue weighted by atomic mass is 19.1. The second-order valence-corrected chi connectivity index (χ2v) is 7.32. The number of amides is 1. The lowest BCUT2D eigenvalue weighted by Crippen LogP contribution is -2.41. The molecule has 0 fully saturated rings. The number of carbonyl (C=O) groups excluding carboxylic acids is 1. The summed E-state index contributed by atoms with van der Waals surface area (Å²) >= 11 is 0. The van der Waals surface area contributed by atoms with Crippen molar-refractivity contribution in [1.82, 2.24) is 20.4 Å². The van der Waals surface area contributed by atoms with Crippen LogP contribution in [0.5, 0.6) is 0 Å². The highest BCUT2D eigenvalue weighted by molar-refractivity contribution is 5.93. The molecule has 0 aliphatic heterocycles. The summed E-state index contributed by atoms with van der Waals surface area (Å²) < 4.78 is 28.4. The fourth-order valence-corrected chi connectivity index (χ4v) is 3.00. The van der Waals surface area contributed by atoms with Gasteiger partial charge in [0.25, 0.3) is 5.91 Å². The average Bonchev–Trinajstić information content (AvgIpc) is 2.71. The van der Waals surface area contributed by atoms with Crippen molar-refractivity contribution in [2.24, 2.45) is 4.99 Å². The number of benzene rings is 2. The standard InChI is InChI=1S/C22H29F2N5O/c1-25-22(26-13-15-9-11-16(12-10-15)21(30)29(4)5)27-14-19(28(2)3)20-17(23)7-6-8-18(20)24/h6-12,19H,13-14H2,1-5H3,(H2,25,26,27). The van der Waals surface area contributed by atoms with E-state index in [9.17, 15) is 13.6 Å². The van der Waals surface area contributed by atoms with Crippen LogP contribution in [0.2, 0.25) is 0 Å². The normalized spacial score (nSPS) is 12.6. The molecule has 0 radical (unpaired) electrons. The summed E-state index contributed by atoms with van der Waals surface area (Å²) in [7, 11) is 8.59. The first kappa shape index (κ1) is 23.3. The average molecular weight is 418 g/mol. The Morgan fingerprint density at radius 2 is 1.60 bits per heavy atom. The molecule has 30 heavy (non-hydrogen) atoms. The molecule has 1 unspecified atom stereocenters. The Balaban J connectivity index is 1.99. The molecular formula is C22H29F2N5O. The molecule has 0 aromatic heterocycles. The molecule has 0 aliphatic carbocycles. The smallest absolute Gasteiger partial charge is 0.253 e. The number of aliphatic imine (C=N–C) groups is 1. The first-order chi connectivity index (χ1) is 14.2. The molecule has 2 aromatic carbocycles. The zero-order valence-corrected chi connectivity index (χ0v) is 18.0. The Morgan fingerprint density at radius 3 is 2.10 bits per heavy atom. The van der Waals surface area contributed by atoms with Crippen molar-refractivity contribution in [3.05, 3.63) is 70.8 Å². The molecule has 162 valence electrons. The SMILES string of the molecule is CN=C(NCc1ccc(C(=O)N(C)C)cc1)NCC(c1c(F)cccc1F)N(C)C. The van der Waals surface area contributed by atoms with Crippen LogP contribution in [0, 0.1) is 11.6 Å². The highest BCUT2D eigenvalue weighted by Crippen LogP contribution is 2.23. The minimum Gasteiger partial charge on any atom is -0.354 e. The monoisotopic (exact) mass is 417 g/mol. The Morgan fingerprint density at radius 1 is 1.00 bits per heavy atom. The Hall–Kier alpha value is -3.00. The van der Waals surface area contributed by atoms with E-state index in [1.807, 2.05) is 12.1 Å². The summed E-state index contributed by atoms with van der Waals surface area (Å²) in [5, 5.41) is 6.29. The summed E-state index contributed by atoms with van der Waals surface area (Å²) in [5.41, 5.74) is 1.61. The van der Waals surface area contributed by atoms with Gasteiger partial charge in [0.1, 0.15) is 11.6 Å². The largest absolute Gasteiger partial charge is 0.354 e. The van der Waals surface area contributed by atoms with Crippen molar-refractivity contribution in [3.63, 3.8) is 0 Å². The molecule has 0 spiro atoms. The lowest BCUT2D eigenvalue weighted by Gasteiger charge is -2.26.